The van der Waals surface area contributed by atoms with Crippen LogP contribution in [0.25, 0.3) is 0 Å². The van der Waals surface area contributed by atoms with E-state index in [0.29, 0.717) is 6.42 Å². The number of hydrogen-bond acceptors (Lipinski definition) is 5. The molecule has 21 heavy (non-hydrogen) atoms. The lowest BCUT2D eigenvalue weighted by molar-refractivity contribution is -0.142. The van der Waals surface area contributed by atoms with Crippen LogP contribution in [0.2, 0.25) is 0 Å². The van der Waals surface area contributed by atoms with Crippen molar-refractivity contribution in [1.82, 2.24) is 19.9 Å². The first-order chi connectivity index (χ1) is 9.69. The molecule has 0 unspecified atom stereocenters. The average molecular weight is 296 g/mol. The second-order valence-corrected chi connectivity index (χ2v) is 6.20. The van der Waals surface area contributed by atoms with Gasteiger partial charge in [-0.25, -0.2) is 14.3 Å². The van der Waals surface area contributed by atoms with Gasteiger partial charge < -0.3 is 9.84 Å². The standard InChI is InChI=1S/C13H20N4O4/c1-8-6-14-15-17(8)9-5-10(11(18)19)16(7-9)12(20)21-13(2,3)4/h6,9-10H,5,7H2,1-4H3,(H,18,19)/t9-,10+/m1/s1. The van der Waals surface area contributed by atoms with Crippen LogP contribution in [0.1, 0.15) is 38.9 Å². The highest BCUT2D eigenvalue weighted by atomic mass is 16.6. The molecule has 8 heteroatoms. The maximum Gasteiger partial charge on any atom is 0.411 e. The number of hydrogen-bond donors (Lipinski definition) is 1. The highest BCUT2D eigenvalue weighted by Crippen LogP contribution is 2.29. The van der Waals surface area contributed by atoms with Gasteiger partial charge in [0, 0.05) is 13.0 Å². The molecular formula is C13H20N4O4. The molecule has 116 valence electrons. The van der Waals surface area contributed by atoms with Crippen LogP contribution in [0.15, 0.2) is 6.20 Å². The summed E-state index contributed by atoms with van der Waals surface area (Å²) in [5, 5.41) is 17.1. The Morgan fingerprint density at radius 3 is 2.57 bits per heavy atom. The molecule has 1 N–H and O–H groups in total. The summed E-state index contributed by atoms with van der Waals surface area (Å²) in [4.78, 5) is 24.8. The third kappa shape index (κ3) is 3.32. The number of likely N-dealkylation sites (tertiary alicyclic amines) is 1. The Morgan fingerprint density at radius 2 is 2.10 bits per heavy atom. The maximum atomic E-state index is 12.2. The molecule has 1 aliphatic rings. The van der Waals surface area contributed by atoms with E-state index in [-0.39, 0.29) is 12.6 Å². The summed E-state index contributed by atoms with van der Waals surface area (Å²) in [6.07, 6.45) is 1.28. The number of carboxylic acids is 1. The van der Waals surface area contributed by atoms with Gasteiger partial charge in [0.25, 0.3) is 0 Å². The molecule has 0 bridgehead atoms. The Kier molecular flexibility index (Phi) is 3.89. The number of amides is 1. The van der Waals surface area contributed by atoms with E-state index in [1.165, 1.54) is 4.90 Å². The van der Waals surface area contributed by atoms with Crippen LogP contribution in [0.3, 0.4) is 0 Å². The fraction of sp³-hybridized carbons (Fsp3) is 0.692. The van der Waals surface area contributed by atoms with Crippen LogP contribution in [-0.2, 0) is 9.53 Å². The predicted molar refractivity (Wildman–Crippen MR) is 72.8 cm³/mol. The molecule has 1 aromatic heterocycles. The lowest BCUT2D eigenvalue weighted by Crippen LogP contribution is -2.43. The summed E-state index contributed by atoms with van der Waals surface area (Å²) in [7, 11) is 0. The van der Waals surface area contributed by atoms with Crippen molar-refractivity contribution < 1.29 is 19.4 Å². The number of carboxylic acid groups (broad SMARTS) is 1. The zero-order valence-corrected chi connectivity index (χ0v) is 12.6. The van der Waals surface area contributed by atoms with E-state index < -0.39 is 23.7 Å². The molecule has 1 saturated heterocycles. The van der Waals surface area contributed by atoms with Gasteiger partial charge in [-0.2, -0.15) is 0 Å². The number of nitrogens with zero attached hydrogens (tertiary/aromatic N) is 4. The molecule has 0 radical (unpaired) electrons. The second-order valence-electron chi connectivity index (χ2n) is 6.20. The summed E-state index contributed by atoms with van der Waals surface area (Å²) in [5.74, 6) is -1.04. The molecule has 0 aliphatic carbocycles. The smallest absolute Gasteiger partial charge is 0.411 e. The Morgan fingerprint density at radius 1 is 1.43 bits per heavy atom. The molecule has 1 amide bonds. The number of aryl methyl sites for hydroxylation is 1. The van der Waals surface area contributed by atoms with Crippen LogP contribution in [-0.4, -0.2) is 55.3 Å². The summed E-state index contributed by atoms with van der Waals surface area (Å²) in [5.41, 5.74) is 0.164. The van der Waals surface area contributed by atoms with Crippen LogP contribution in [0.4, 0.5) is 4.79 Å². The molecule has 1 fully saturated rings. The SMILES string of the molecule is Cc1cnnn1[C@@H]1C[C@@H](C(=O)O)N(C(=O)OC(C)(C)C)C1. The van der Waals surface area contributed by atoms with Gasteiger partial charge in [-0.3, -0.25) is 4.90 Å². The molecule has 8 nitrogen and oxygen atoms in total. The normalized spacial score (nSPS) is 22.4. The zero-order valence-electron chi connectivity index (χ0n) is 12.6. The summed E-state index contributed by atoms with van der Waals surface area (Å²) < 4.78 is 6.93. The Labute approximate surface area is 122 Å². The largest absolute Gasteiger partial charge is 0.480 e. The molecule has 2 heterocycles. The Bertz CT molecular complexity index is 549. The van der Waals surface area contributed by atoms with Crippen LogP contribution in [0, 0.1) is 6.92 Å². The average Bonchev–Trinajstić information content (AvgIpc) is 2.91. The minimum Gasteiger partial charge on any atom is -0.480 e. The van der Waals surface area contributed by atoms with E-state index in [2.05, 4.69) is 10.3 Å². The summed E-state index contributed by atoms with van der Waals surface area (Å²) in [6.45, 7) is 7.32. The monoisotopic (exact) mass is 296 g/mol. The van der Waals surface area contributed by atoms with E-state index in [1.54, 1.807) is 31.6 Å². The van der Waals surface area contributed by atoms with Crippen molar-refractivity contribution in [2.75, 3.05) is 6.54 Å². The molecule has 0 aromatic carbocycles. The van der Waals surface area contributed by atoms with E-state index in [1.807, 2.05) is 6.92 Å². The molecule has 0 spiro atoms. The Balaban J connectivity index is 2.18. The van der Waals surface area contributed by atoms with E-state index in [0.717, 1.165) is 5.69 Å². The third-order valence-corrected chi connectivity index (χ3v) is 3.29. The van der Waals surface area contributed by atoms with E-state index in [9.17, 15) is 14.7 Å². The summed E-state index contributed by atoms with van der Waals surface area (Å²) >= 11 is 0. The van der Waals surface area contributed by atoms with Gasteiger partial charge in [0.15, 0.2) is 0 Å². The second kappa shape index (κ2) is 5.34. The van der Waals surface area contributed by atoms with Crippen molar-refractivity contribution in [2.24, 2.45) is 0 Å². The highest BCUT2D eigenvalue weighted by Gasteiger charge is 2.42. The third-order valence-electron chi connectivity index (χ3n) is 3.29. The van der Waals surface area contributed by atoms with Crippen molar-refractivity contribution in [3.63, 3.8) is 0 Å². The van der Waals surface area contributed by atoms with Gasteiger partial charge in [-0.15, -0.1) is 5.10 Å². The lowest BCUT2D eigenvalue weighted by atomic mass is 10.1. The maximum absolute atomic E-state index is 12.2. The molecule has 2 rings (SSSR count). The fourth-order valence-electron chi connectivity index (χ4n) is 2.40. The summed E-state index contributed by atoms with van der Waals surface area (Å²) in [6, 6.07) is -1.12. The minimum atomic E-state index is -1.04. The number of rotatable bonds is 2. The van der Waals surface area contributed by atoms with Crippen molar-refractivity contribution >= 4 is 12.1 Å². The molecule has 0 saturated carbocycles. The number of carbonyl (C=O) groups is 2. The lowest BCUT2D eigenvalue weighted by Gasteiger charge is -2.26. The van der Waals surface area contributed by atoms with E-state index >= 15 is 0 Å². The first-order valence-corrected chi connectivity index (χ1v) is 6.78. The predicted octanol–water partition coefficient (Wildman–Crippen LogP) is 1.22. The first kappa shape index (κ1) is 15.3. The van der Waals surface area contributed by atoms with E-state index in [4.69, 9.17) is 4.74 Å². The first-order valence-electron chi connectivity index (χ1n) is 6.78. The molecular weight excluding hydrogens is 276 g/mol. The van der Waals surface area contributed by atoms with Gasteiger partial charge in [0.2, 0.25) is 0 Å². The molecule has 2 atom stereocenters. The van der Waals surface area contributed by atoms with Gasteiger partial charge in [0.1, 0.15) is 11.6 Å². The quantitative estimate of drug-likeness (QED) is 0.881. The van der Waals surface area contributed by atoms with Crippen molar-refractivity contribution in [3.8, 4) is 0 Å². The zero-order chi connectivity index (χ0) is 15.8. The molecule has 1 aliphatic heterocycles. The van der Waals surface area contributed by atoms with Crippen LogP contribution >= 0.6 is 0 Å². The topological polar surface area (TPSA) is 97.5 Å². The van der Waals surface area contributed by atoms with Gasteiger partial charge in [-0.05, 0) is 27.7 Å². The van der Waals surface area contributed by atoms with Gasteiger partial charge in [-0.1, -0.05) is 5.21 Å². The Hall–Kier alpha value is -2.12. The minimum absolute atomic E-state index is 0.207. The van der Waals surface area contributed by atoms with Crippen molar-refractivity contribution in [3.05, 3.63) is 11.9 Å². The fourth-order valence-corrected chi connectivity index (χ4v) is 2.40. The van der Waals surface area contributed by atoms with Crippen LogP contribution < -0.4 is 0 Å². The molecule has 1 aromatic rings. The number of carbonyl (C=O) groups excluding carboxylic acids is 1. The number of aliphatic carboxylic acids is 1. The highest BCUT2D eigenvalue weighted by molar-refractivity contribution is 5.81. The van der Waals surface area contributed by atoms with Crippen molar-refractivity contribution in [2.45, 2.75) is 51.8 Å². The van der Waals surface area contributed by atoms with Crippen molar-refractivity contribution in [1.29, 1.82) is 0 Å². The van der Waals surface area contributed by atoms with Gasteiger partial charge >= 0.3 is 12.1 Å². The van der Waals surface area contributed by atoms with Crippen LogP contribution in [0.5, 0.6) is 0 Å². The number of aromatic nitrogens is 3. The number of ether oxygens (including phenoxy) is 1. The van der Waals surface area contributed by atoms with Gasteiger partial charge in [0.05, 0.1) is 17.9 Å².